The van der Waals surface area contributed by atoms with Crippen molar-refractivity contribution in [1.82, 2.24) is 9.80 Å². The van der Waals surface area contributed by atoms with Crippen molar-refractivity contribution in [2.75, 3.05) is 26.2 Å². The summed E-state index contributed by atoms with van der Waals surface area (Å²) in [6.45, 7) is 7.47. The molecule has 106 valence electrons. The Hall–Kier alpha value is -0.800. The highest BCUT2D eigenvalue weighted by Crippen LogP contribution is 2.22. The van der Waals surface area contributed by atoms with Gasteiger partial charge in [0.2, 0.25) is 0 Å². The maximum atomic E-state index is 5.50. The second-order valence-corrected chi connectivity index (χ2v) is 6.17. The van der Waals surface area contributed by atoms with Gasteiger partial charge in [-0.25, -0.2) is 0 Å². The fourth-order valence-electron chi connectivity index (χ4n) is 3.65. The number of furan rings is 1. The van der Waals surface area contributed by atoms with E-state index in [0.717, 1.165) is 18.2 Å². The SMILES string of the molecule is CC(Cc1ccco1)N1CCCN2CCCCC2C1. The normalized spacial score (nSPS) is 27.7. The molecular weight excluding hydrogens is 236 g/mol. The van der Waals surface area contributed by atoms with E-state index in [4.69, 9.17) is 4.42 Å². The van der Waals surface area contributed by atoms with Crippen molar-refractivity contribution < 1.29 is 4.42 Å². The van der Waals surface area contributed by atoms with E-state index in [2.05, 4.69) is 22.8 Å². The van der Waals surface area contributed by atoms with Gasteiger partial charge >= 0.3 is 0 Å². The number of hydrogen-bond donors (Lipinski definition) is 0. The standard InChI is InChI=1S/C16H26N2O/c1-14(12-16-7-4-11-19-16)18-10-5-9-17-8-3-2-6-15(17)13-18/h4,7,11,14-15H,2-3,5-6,8-10,12-13H2,1H3. The van der Waals surface area contributed by atoms with Crippen LogP contribution in [-0.2, 0) is 6.42 Å². The molecule has 2 atom stereocenters. The van der Waals surface area contributed by atoms with Gasteiger partial charge in [0.1, 0.15) is 5.76 Å². The van der Waals surface area contributed by atoms with Gasteiger partial charge in [-0.3, -0.25) is 9.80 Å². The highest BCUT2D eigenvalue weighted by molar-refractivity contribution is 5.00. The van der Waals surface area contributed by atoms with Crippen LogP contribution in [0.4, 0.5) is 0 Å². The molecule has 0 amide bonds. The van der Waals surface area contributed by atoms with E-state index in [0.29, 0.717) is 6.04 Å². The van der Waals surface area contributed by atoms with E-state index in [1.165, 1.54) is 51.9 Å². The third-order valence-corrected chi connectivity index (χ3v) is 4.79. The Balaban J connectivity index is 1.60. The van der Waals surface area contributed by atoms with Crippen molar-refractivity contribution in [2.45, 2.75) is 51.1 Å². The van der Waals surface area contributed by atoms with Gasteiger partial charge in [-0.2, -0.15) is 0 Å². The minimum absolute atomic E-state index is 0.591. The fourth-order valence-corrected chi connectivity index (χ4v) is 3.65. The zero-order valence-corrected chi connectivity index (χ0v) is 12.1. The first-order valence-corrected chi connectivity index (χ1v) is 7.83. The van der Waals surface area contributed by atoms with E-state index in [1.54, 1.807) is 6.26 Å². The average molecular weight is 262 g/mol. The molecule has 3 nitrogen and oxygen atoms in total. The highest BCUT2D eigenvalue weighted by Gasteiger charge is 2.28. The second-order valence-electron chi connectivity index (χ2n) is 6.17. The molecule has 0 N–H and O–H groups in total. The fraction of sp³-hybridized carbons (Fsp3) is 0.750. The predicted molar refractivity (Wildman–Crippen MR) is 77.3 cm³/mol. The number of nitrogens with zero attached hydrogens (tertiary/aromatic N) is 2. The lowest BCUT2D eigenvalue weighted by Gasteiger charge is -2.36. The van der Waals surface area contributed by atoms with Crippen LogP contribution in [0.1, 0.15) is 38.4 Å². The number of fused-ring (bicyclic) bond motifs is 1. The van der Waals surface area contributed by atoms with Crippen LogP contribution in [0.2, 0.25) is 0 Å². The van der Waals surface area contributed by atoms with Gasteiger partial charge in [-0.05, 0) is 58.0 Å². The molecule has 0 aromatic carbocycles. The van der Waals surface area contributed by atoms with E-state index in [1.807, 2.05) is 6.07 Å². The molecule has 0 aliphatic carbocycles. The largest absolute Gasteiger partial charge is 0.469 e. The van der Waals surface area contributed by atoms with Crippen LogP contribution < -0.4 is 0 Å². The van der Waals surface area contributed by atoms with Crippen molar-refractivity contribution in [2.24, 2.45) is 0 Å². The molecule has 2 fully saturated rings. The Kier molecular flexibility index (Phi) is 4.24. The van der Waals surface area contributed by atoms with Crippen molar-refractivity contribution in [3.05, 3.63) is 24.2 Å². The number of rotatable bonds is 3. The molecule has 0 bridgehead atoms. The first-order chi connectivity index (χ1) is 9.33. The van der Waals surface area contributed by atoms with Gasteiger partial charge in [-0.1, -0.05) is 6.42 Å². The molecule has 0 radical (unpaired) electrons. The van der Waals surface area contributed by atoms with Crippen LogP contribution in [-0.4, -0.2) is 48.1 Å². The van der Waals surface area contributed by atoms with Gasteiger partial charge in [0.05, 0.1) is 6.26 Å². The predicted octanol–water partition coefficient (Wildman–Crippen LogP) is 2.77. The van der Waals surface area contributed by atoms with Gasteiger partial charge in [0, 0.05) is 25.0 Å². The zero-order chi connectivity index (χ0) is 13.1. The smallest absolute Gasteiger partial charge is 0.105 e. The van der Waals surface area contributed by atoms with Crippen LogP contribution in [0.3, 0.4) is 0 Å². The van der Waals surface area contributed by atoms with Gasteiger partial charge < -0.3 is 4.42 Å². The second kappa shape index (κ2) is 6.10. The monoisotopic (exact) mass is 262 g/mol. The Morgan fingerprint density at radius 1 is 1.26 bits per heavy atom. The molecule has 1 aromatic heterocycles. The highest BCUT2D eigenvalue weighted by atomic mass is 16.3. The van der Waals surface area contributed by atoms with Crippen LogP contribution in [0, 0.1) is 0 Å². The summed E-state index contributed by atoms with van der Waals surface area (Å²) in [7, 11) is 0. The molecule has 0 spiro atoms. The minimum atomic E-state index is 0.591. The molecule has 0 saturated carbocycles. The summed E-state index contributed by atoms with van der Waals surface area (Å²) in [5.74, 6) is 1.12. The van der Waals surface area contributed by atoms with Crippen molar-refractivity contribution >= 4 is 0 Å². The van der Waals surface area contributed by atoms with Crippen molar-refractivity contribution in [3.63, 3.8) is 0 Å². The van der Waals surface area contributed by atoms with E-state index < -0.39 is 0 Å². The maximum absolute atomic E-state index is 5.50. The zero-order valence-electron chi connectivity index (χ0n) is 12.1. The molecule has 19 heavy (non-hydrogen) atoms. The van der Waals surface area contributed by atoms with Crippen LogP contribution in [0.15, 0.2) is 22.8 Å². The summed E-state index contributed by atoms with van der Waals surface area (Å²) in [5, 5.41) is 0. The molecule has 3 heterocycles. The lowest BCUT2D eigenvalue weighted by atomic mass is 10.0. The minimum Gasteiger partial charge on any atom is -0.469 e. The summed E-state index contributed by atoms with van der Waals surface area (Å²) in [5.41, 5.74) is 0. The van der Waals surface area contributed by atoms with E-state index in [9.17, 15) is 0 Å². The number of piperidine rings is 1. The Morgan fingerprint density at radius 3 is 3.00 bits per heavy atom. The molecule has 2 aliphatic heterocycles. The first-order valence-electron chi connectivity index (χ1n) is 7.83. The quantitative estimate of drug-likeness (QED) is 0.835. The van der Waals surface area contributed by atoms with Gasteiger partial charge in [-0.15, -0.1) is 0 Å². The third kappa shape index (κ3) is 3.21. The number of hydrogen-bond acceptors (Lipinski definition) is 3. The summed E-state index contributed by atoms with van der Waals surface area (Å²) in [6, 6.07) is 5.48. The van der Waals surface area contributed by atoms with Crippen molar-refractivity contribution in [3.8, 4) is 0 Å². The summed E-state index contributed by atoms with van der Waals surface area (Å²) < 4.78 is 5.50. The Morgan fingerprint density at radius 2 is 2.16 bits per heavy atom. The molecule has 2 unspecified atom stereocenters. The molecule has 3 heteroatoms. The summed E-state index contributed by atoms with van der Waals surface area (Å²) in [6.07, 6.45) is 8.36. The lowest BCUT2D eigenvalue weighted by molar-refractivity contribution is 0.121. The first kappa shape index (κ1) is 13.2. The molecule has 1 aromatic rings. The molecular formula is C16H26N2O. The Labute approximate surface area is 116 Å². The average Bonchev–Trinajstić information content (AvgIpc) is 2.82. The van der Waals surface area contributed by atoms with Crippen LogP contribution in [0.5, 0.6) is 0 Å². The van der Waals surface area contributed by atoms with Gasteiger partial charge in [0.25, 0.3) is 0 Å². The van der Waals surface area contributed by atoms with Gasteiger partial charge in [0.15, 0.2) is 0 Å². The summed E-state index contributed by atoms with van der Waals surface area (Å²) >= 11 is 0. The van der Waals surface area contributed by atoms with Crippen molar-refractivity contribution in [1.29, 1.82) is 0 Å². The van der Waals surface area contributed by atoms with E-state index >= 15 is 0 Å². The Bertz CT molecular complexity index is 376. The van der Waals surface area contributed by atoms with E-state index in [-0.39, 0.29) is 0 Å². The molecule has 2 saturated heterocycles. The topological polar surface area (TPSA) is 19.6 Å². The third-order valence-electron chi connectivity index (χ3n) is 4.79. The molecule has 3 rings (SSSR count). The summed E-state index contributed by atoms with van der Waals surface area (Å²) in [4.78, 5) is 5.40. The molecule has 2 aliphatic rings. The lowest BCUT2D eigenvalue weighted by Crippen LogP contribution is -2.46. The maximum Gasteiger partial charge on any atom is 0.105 e. The van der Waals surface area contributed by atoms with Crippen LogP contribution >= 0.6 is 0 Å². The van der Waals surface area contributed by atoms with Crippen LogP contribution in [0.25, 0.3) is 0 Å².